The maximum Gasteiger partial charge on any atom is 0.192 e. The number of carbonyl (C=O) groups is 1. The summed E-state index contributed by atoms with van der Waals surface area (Å²) in [5, 5.41) is 9.48. The zero-order chi connectivity index (χ0) is 10.4. The Balaban J connectivity index is 2.80. The highest BCUT2D eigenvalue weighted by atomic mass is 32.2. The van der Waals surface area contributed by atoms with Crippen molar-refractivity contribution in [1.82, 2.24) is 0 Å². The molecule has 2 nitrogen and oxygen atoms in total. The molecule has 1 unspecified atom stereocenters. The van der Waals surface area contributed by atoms with Crippen molar-refractivity contribution in [3.8, 4) is 11.8 Å². The van der Waals surface area contributed by atoms with Crippen LogP contribution in [0.25, 0.3) is 0 Å². The second kappa shape index (κ2) is 5.48. The fourth-order valence-corrected chi connectivity index (χ4v) is 1.39. The smallest absolute Gasteiger partial charge is 0.192 e. The third kappa shape index (κ3) is 2.91. The summed E-state index contributed by atoms with van der Waals surface area (Å²) in [7, 11) is 0. The van der Waals surface area contributed by atoms with Gasteiger partial charge in [-0.3, -0.25) is 4.79 Å². The number of carbonyl (C=O) groups excluding carboxylic acids is 1. The predicted octanol–water partition coefficient (Wildman–Crippen LogP) is 1.64. The normalized spacial score (nSPS) is 11.3. The van der Waals surface area contributed by atoms with E-state index in [2.05, 4.69) is 11.8 Å². The summed E-state index contributed by atoms with van der Waals surface area (Å²) in [6.07, 6.45) is 1.58. The van der Waals surface area contributed by atoms with Gasteiger partial charge in [0.1, 0.15) is 6.10 Å². The van der Waals surface area contributed by atoms with Crippen LogP contribution in [0, 0.1) is 11.8 Å². The summed E-state index contributed by atoms with van der Waals surface area (Å²) in [5.74, 6) is 4.61. The molecule has 0 spiro atoms. The van der Waals surface area contributed by atoms with Crippen molar-refractivity contribution in [2.45, 2.75) is 11.0 Å². The van der Waals surface area contributed by atoms with Crippen LogP contribution in [-0.2, 0) is 4.79 Å². The Labute approximate surface area is 87.3 Å². The molecule has 0 bridgehead atoms. The first-order valence-corrected chi connectivity index (χ1v) is 5.27. The highest BCUT2D eigenvalue weighted by Gasteiger charge is 2.02. The second-order valence-corrected chi connectivity index (χ2v) is 3.46. The quantitative estimate of drug-likeness (QED) is 0.454. The number of aliphatic hydroxyl groups excluding tert-OH is 1. The third-order valence-electron chi connectivity index (χ3n) is 1.71. The van der Waals surface area contributed by atoms with Gasteiger partial charge in [0.15, 0.2) is 6.29 Å². The van der Waals surface area contributed by atoms with E-state index in [1.807, 2.05) is 18.4 Å². The van der Waals surface area contributed by atoms with Gasteiger partial charge in [0.25, 0.3) is 0 Å². The first kappa shape index (κ1) is 10.8. The standard InChI is InChI=1S/C11H10O2S/c1-14-10-6-4-9(5-7-10)11(13)3-2-8-12/h4-8,11,13H,1H3. The first-order valence-electron chi connectivity index (χ1n) is 4.04. The highest BCUT2D eigenvalue weighted by Crippen LogP contribution is 2.18. The van der Waals surface area contributed by atoms with Gasteiger partial charge >= 0.3 is 0 Å². The third-order valence-corrected chi connectivity index (χ3v) is 2.45. The van der Waals surface area contributed by atoms with Crippen LogP contribution in [0.15, 0.2) is 29.2 Å². The average molecular weight is 206 g/mol. The fraction of sp³-hybridized carbons (Fsp3) is 0.182. The van der Waals surface area contributed by atoms with Crippen LogP contribution in [0.2, 0.25) is 0 Å². The summed E-state index contributed by atoms with van der Waals surface area (Å²) in [5.41, 5.74) is 0.706. The van der Waals surface area contributed by atoms with E-state index >= 15 is 0 Å². The van der Waals surface area contributed by atoms with Crippen molar-refractivity contribution in [2.24, 2.45) is 0 Å². The van der Waals surface area contributed by atoms with Crippen LogP contribution in [0.3, 0.4) is 0 Å². The molecule has 0 heterocycles. The number of benzene rings is 1. The molecule has 0 fully saturated rings. The molecule has 0 aliphatic rings. The van der Waals surface area contributed by atoms with Crippen molar-refractivity contribution in [3.63, 3.8) is 0 Å². The van der Waals surface area contributed by atoms with Crippen LogP contribution in [0.5, 0.6) is 0 Å². The Morgan fingerprint density at radius 3 is 2.57 bits per heavy atom. The van der Waals surface area contributed by atoms with Crippen LogP contribution in [-0.4, -0.2) is 17.6 Å². The number of aldehydes is 1. The molecular formula is C11H10O2S. The zero-order valence-electron chi connectivity index (χ0n) is 7.73. The van der Waals surface area contributed by atoms with Gasteiger partial charge in [-0.1, -0.05) is 18.1 Å². The lowest BCUT2D eigenvalue weighted by Crippen LogP contribution is -1.93. The van der Waals surface area contributed by atoms with Gasteiger partial charge in [0, 0.05) is 4.90 Å². The fourth-order valence-electron chi connectivity index (χ4n) is 0.982. The summed E-state index contributed by atoms with van der Waals surface area (Å²) < 4.78 is 0. The molecule has 0 saturated carbocycles. The van der Waals surface area contributed by atoms with Gasteiger partial charge in [0.2, 0.25) is 0 Å². The Bertz CT molecular complexity index is 359. The molecule has 0 aliphatic carbocycles. The van der Waals surface area contributed by atoms with Gasteiger partial charge < -0.3 is 5.11 Å². The minimum absolute atomic E-state index is 0.472. The van der Waals surface area contributed by atoms with Crippen molar-refractivity contribution in [1.29, 1.82) is 0 Å². The van der Waals surface area contributed by atoms with E-state index in [1.165, 1.54) is 0 Å². The monoisotopic (exact) mass is 206 g/mol. The minimum Gasteiger partial charge on any atom is -0.376 e. The van der Waals surface area contributed by atoms with E-state index in [-0.39, 0.29) is 0 Å². The minimum atomic E-state index is -0.879. The molecule has 3 heteroatoms. The van der Waals surface area contributed by atoms with Crippen LogP contribution < -0.4 is 0 Å². The molecule has 72 valence electrons. The molecule has 14 heavy (non-hydrogen) atoms. The van der Waals surface area contributed by atoms with E-state index < -0.39 is 6.10 Å². The van der Waals surface area contributed by atoms with E-state index in [4.69, 9.17) is 0 Å². The lowest BCUT2D eigenvalue weighted by atomic mass is 10.1. The Morgan fingerprint density at radius 2 is 2.07 bits per heavy atom. The zero-order valence-corrected chi connectivity index (χ0v) is 8.54. The molecule has 1 rings (SSSR count). The van der Waals surface area contributed by atoms with E-state index in [0.29, 0.717) is 11.8 Å². The van der Waals surface area contributed by atoms with Crippen molar-refractivity contribution in [2.75, 3.05) is 6.26 Å². The number of rotatable bonds is 2. The molecule has 0 amide bonds. The van der Waals surface area contributed by atoms with E-state index in [1.54, 1.807) is 23.9 Å². The second-order valence-electron chi connectivity index (χ2n) is 2.58. The van der Waals surface area contributed by atoms with Crippen LogP contribution in [0.4, 0.5) is 0 Å². The van der Waals surface area contributed by atoms with Crippen LogP contribution >= 0.6 is 11.8 Å². The Hall–Kier alpha value is -1.24. The largest absolute Gasteiger partial charge is 0.376 e. The topological polar surface area (TPSA) is 37.3 Å². The summed E-state index contributed by atoms with van der Waals surface area (Å²) in [4.78, 5) is 11.1. The molecule has 1 aromatic rings. The molecular weight excluding hydrogens is 196 g/mol. The maximum atomic E-state index is 9.95. The molecule has 1 aromatic carbocycles. The number of aliphatic hydroxyl groups is 1. The summed E-state index contributed by atoms with van der Waals surface area (Å²) >= 11 is 1.63. The predicted molar refractivity (Wildman–Crippen MR) is 57.0 cm³/mol. The van der Waals surface area contributed by atoms with E-state index in [9.17, 15) is 9.90 Å². The van der Waals surface area contributed by atoms with Crippen molar-refractivity contribution in [3.05, 3.63) is 29.8 Å². The van der Waals surface area contributed by atoms with Gasteiger partial charge in [-0.05, 0) is 29.9 Å². The van der Waals surface area contributed by atoms with Gasteiger partial charge in [-0.15, -0.1) is 11.8 Å². The lowest BCUT2D eigenvalue weighted by molar-refractivity contribution is -0.103. The molecule has 0 radical (unpaired) electrons. The highest BCUT2D eigenvalue weighted by molar-refractivity contribution is 7.98. The molecule has 0 aromatic heterocycles. The lowest BCUT2D eigenvalue weighted by Gasteiger charge is -2.03. The molecule has 0 aliphatic heterocycles. The molecule has 0 saturated heterocycles. The van der Waals surface area contributed by atoms with Gasteiger partial charge in [-0.25, -0.2) is 0 Å². The average Bonchev–Trinajstić information content (AvgIpc) is 2.26. The first-order chi connectivity index (χ1) is 6.77. The molecule has 1 N–H and O–H groups in total. The SMILES string of the molecule is CSc1ccc(C(O)C#CC=O)cc1. The Kier molecular flexibility index (Phi) is 4.24. The molecule has 1 atom stereocenters. The summed E-state index contributed by atoms with van der Waals surface area (Å²) in [6.45, 7) is 0. The van der Waals surface area contributed by atoms with Crippen molar-refractivity contribution >= 4 is 18.0 Å². The summed E-state index contributed by atoms with van der Waals surface area (Å²) in [6, 6.07) is 7.42. The number of hydrogen-bond donors (Lipinski definition) is 1. The number of thioether (sulfide) groups is 1. The van der Waals surface area contributed by atoms with Crippen molar-refractivity contribution < 1.29 is 9.90 Å². The van der Waals surface area contributed by atoms with Gasteiger partial charge in [0.05, 0.1) is 0 Å². The maximum absolute atomic E-state index is 9.95. The van der Waals surface area contributed by atoms with Gasteiger partial charge in [-0.2, -0.15) is 0 Å². The Morgan fingerprint density at radius 1 is 1.43 bits per heavy atom. The van der Waals surface area contributed by atoms with Crippen LogP contribution in [0.1, 0.15) is 11.7 Å². The number of hydrogen-bond acceptors (Lipinski definition) is 3. The van der Waals surface area contributed by atoms with E-state index in [0.717, 1.165) is 4.90 Å².